The van der Waals surface area contributed by atoms with Crippen molar-refractivity contribution < 1.29 is 10.2 Å². The minimum atomic E-state index is 0.0347. The van der Waals surface area contributed by atoms with Crippen molar-refractivity contribution in [2.45, 2.75) is 0 Å². The minimum absolute atomic E-state index is 0.0347. The zero-order chi connectivity index (χ0) is 14.8. The monoisotopic (exact) mass is 299 g/mol. The molecule has 0 aliphatic carbocycles. The molecule has 2 heterocycles. The fraction of sp³-hybridized carbons (Fsp3) is 0.0667. The van der Waals surface area contributed by atoms with E-state index in [4.69, 9.17) is 0 Å². The van der Waals surface area contributed by atoms with Gasteiger partial charge in [-0.05, 0) is 24.3 Å². The lowest BCUT2D eigenvalue weighted by Gasteiger charge is -2.05. The fourth-order valence-corrected chi connectivity index (χ4v) is 2.87. The molecular weight excluding hydrogens is 286 g/mol. The van der Waals surface area contributed by atoms with Crippen LogP contribution in [-0.2, 0) is 7.05 Å². The van der Waals surface area contributed by atoms with Crippen LogP contribution in [0.3, 0.4) is 0 Å². The summed E-state index contributed by atoms with van der Waals surface area (Å²) in [6, 6.07) is 10.1. The van der Waals surface area contributed by atoms with Gasteiger partial charge >= 0.3 is 0 Å². The second kappa shape index (κ2) is 5.41. The van der Waals surface area contributed by atoms with E-state index < -0.39 is 0 Å². The van der Waals surface area contributed by atoms with Gasteiger partial charge in [-0.25, -0.2) is 9.98 Å². The van der Waals surface area contributed by atoms with E-state index in [0.717, 1.165) is 10.5 Å². The molecule has 0 saturated carbocycles. The number of thiazole rings is 1. The average molecular weight is 299 g/mol. The maximum atomic E-state index is 9.96. The molecule has 2 aromatic heterocycles. The van der Waals surface area contributed by atoms with E-state index in [2.05, 4.69) is 9.98 Å². The second-order valence-electron chi connectivity index (χ2n) is 4.46. The van der Waals surface area contributed by atoms with Gasteiger partial charge in [0, 0.05) is 30.3 Å². The van der Waals surface area contributed by atoms with Gasteiger partial charge in [-0.1, -0.05) is 6.07 Å². The number of benzene rings is 1. The Morgan fingerprint density at radius 2 is 2.05 bits per heavy atom. The Labute approximate surface area is 125 Å². The van der Waals surface area contributed by atoms with E-state index in [-0.39, 0.29) is 11.5 Å². The molecule has 5 nitrogen and oxygen atoms in total. The van der Waals surface area contributed by atoms with Crippen LogP contribution in [-0.4, -0.2) is 19.8 Å². The van der Waals surface area contributed by atoms with E-state index in [1.807, 2.05) is 35.2 Å². The summed E-state index contributed by atoms with van der Waals surface area (Å²) < 4.78 is 1.88. The number of aromatic nitrogens is 2. The fourth-order valence-electron chi connectivity index (χ4n) is 1.97. The summed E-state index contributed by atoms with van der Waals surface area (Å²) in [6.45, 7) is 0. The van der Waals surface area contributed by atoms with E-state index in [9.17, 15) is 10.2 Å². The van der Waals surface area contributed by atoms with Crippen molar-refractivity contribution in [3.63, 3.8) is 0 Å². The molecule has 0 atom stereocenters. The molecule has 6 heteroatoms. The zero-order valence-corrected chi connectivity index (χ0v) is 12.1. The molecule has 0 spiro atoms. The molecule has 0 radical (unpaired) electrons. The lowest BCUT2D eigenvalue weighted by Crippen LogP contribution is -2.11. The number of phenols is 2. The Hall–Kier alpha value is -2.60. The predicted molar refractivity (Wildman–Crippen MR) is 81.5 cm³/mol. The van der Waals surface area contributed by atoms with E-state index >= 15 is 0 Å². The van der Waals surface area contributed by atoms with Gasteiger partial charge < -0.3 is 14.8 Å². The van der Waals surface area contributed by atoms with Gasteiger partial charge in [0.25, 0.3) is 0 Å². The Bertz CT molecular complexity index is 838. The number of phenolic OH excluding ortho intramolecular Hbond substituents is 2. The molecule has 1 aromatic carbocycles. The van der Waals surface area contributed by atoms with Crippen LogP contribution in [0, 0.1) is 0 Å². The molecule has 0 unspecified atom stereocenters. The first-order valence-corrected chi connectivity index (χ1v) is 7.16. The van der Waals surface area contributed by atoms with Gasteiger partial charge in [-0.2, -0.15) is 0 Å². The highest BCUT2D eigenvalue weighted by Gasteiger charge is 2.10. The van der Waals surface area contributed by atoms with Gasteiger partial charge in [0.2, 0.25) is 0 Å². The molecule has 0 saturated heterocycles. The molecular formula is C15H13N3O2S. The normalized spacial score (nSPS) is 11.8. The van der Waals surface area contributed by atoms with Crippen molar-refractivity contribution in [1.29, 1.82) is 0 Å². The van der Waals surface area contributed by atoms with Crippen molar-refractivity contribution in [2.24, 2.45) is 12.0 Å². The van der Waals surface area contributed by atoms with Crippen molar-refractivity contribution in [1.82, 2.24) is 9.55 Å². The number of aromatic hydroxyl groups is 2. The third kappa shape index (κ3) is 2.66. The Morgan fingerprint density at radius 3 is 2.76 bits per heavy atom. The Morgan fingerprint density at radius 1 is 1.19 bits per heavy atom. The quantitative estimate of drug-likeness (QED) is 0.764. The molecule has 3 rings (SSSR count). The Balaban J connectivity index is 2.09. The van der Waals surface area contributed by atoms with E-state index in [1.165, 1.54) is 17.4 Å². The van der Waals surface area contributed by atoms with Gasteiger partial charge in [0.15, 0.2) is 10.6 Å². The third-order valence-electron chi connectivity index (χ3n) is 3.04. The van der Waals surface area contributed by atoms with Gasteiger partial charge in [0.05, 0.1) is 5.69 Å². The maximum absolute atomic E-state index is 9.96. The molecule has 2 N–H and O–H groups in total. The molecule has 0 bridgehead atoms. The van der Waals surface area contributed by atoms with Crippen molar-refractivity contribution in [3.8, 4) is 22.8 Å². The Kier molecular flexibility index (Phi) is 3.45. The number of hydrogen-bond acceptors (Lipinski definition) is 5. The summed E-state index contributed by atoms with van der Waals surface area (Å²) in [7, 11) is 1.87. The number of pyridine rings is 1. The summed E-state index contributed by atoms with van der Waals surface area (Å²) in [4.78, 5) is 9.42. The van der Waals surface area contributed by atoms with Gasteiger partial charge in [-0.15, -0.1) is 11.3 Å². The smallest absolute Gasteiger partial charge is 0.191 e. The highest BCUT2D eigenvalue weighted by molar-refractivity contribution is 7.07. The van der Waals surface area contributed by atoms with Crippen molar-refractivity contribution >= 4 is 17.2 Å². The van der Waals surface area contributed by atoms with Crippen LogP contribution in [0.5, 0.6) is 11.5 Å². The zero-order valence-electron chi connectivity index (χ0n) is 11.3. The van der Waals surface area contributed by atoms with Crippen molar-refractivity contribution in [2.75, 3.05) is 0 Å². The minimum Gasteiger partial charge on any atom is -0.508 e. The summed E-state index contributed by atoms with van der Waals surface area (Å²) in [5.74, 6) is 0.705. The maximum Gasteiger partial charge on any atom is 0.191 e. The lowest BCUT2D eigenvalue weighted by atomic mass is 10.1. The predicted octanol–water partition coefficient (Wildman–Crippen LogP) is 2.79. The number of hydrogen-bond donors (Lipinski definition) is 2. The van der Waals surface area contributed by atoms with Crippen LogP contribution >= 0.6 is 11.3 Å². The van der Waals surface area contributed by atoms with Crippen LogP contribution in [0.2, 0.25) is 0 Å². The highest BCUT2D eigenvalue weighted by atomic mass is 32.1. The third-order valence-corrected chi connectivity index (χ3v) is 3.96. The molecule has 0 aliphatic heterocycles. The topological polar surface area (TPSA) is 70.6 Å². The van der Waals surface area contributed by atoms with Crippen LogP contribution in [0.25, 0.3) is 11.3 Å². The number of nitrogens with zero attached hydrogens (tertiary/aromatic N) is 3. The van der Waals surface area contributed by atoms with Gasteiger partial charge in [0.1, 0.15) is 11.5 Å². The van der Waals surface area contributed by atoms with E-state index in [1.54, 1.807) is 18.3 Å². The van der Waals surface area contributed by atoms with Crippen LogP contribution in [0.4, 0.5) is 5.82 Å². The summed E-state index contributed by atoms with van der Waals surface area (Å²) in [5, 5.41) is 21.2. The second-order valence-corrected chi connectivity index (χ2v) is 5.30. The molecule has 0 amide bonds. The molecule has 0 fully saturated rings. The molecule has 106 valence electrons. The summed E-state index contributed by atoms with van der Waals surface area (Å²) in [5.41, 5.74) is 1.47. The summed E-state index contributed by atoms with van der Waals surface area (Å²) >= 11 is 1.46. The molecule has 21 heavy (non-hydrogen) atoms. The number of rotatable bonds is 2. The van der Waals surface area contributed by atoms with E-state index in [0.29, 0.717) is 11.4 Å². The highest BCUT2D eigenvalue weighted by Crippen LogP contribution is 2.31. The standard InChI is InChI=1S/C15H13N3O2S/c1-18-12(11-6-5-10(19)8-13(11)20)9-21-15(18)17-14-4-2-3-7-16-14/h2-9,19-20H,1H3. The lowest BCUT2D eigenvalue weighted by molar-refractivity contribution is 0.451. The SMILES string of the molecule is Cn1c(-c2ccc(O)cc2O)csc1=Nc1ccccn1. The first-order valence-electron chi connectivity index (χ1n) is 6.28. The van der Waals surface area contributed by atoms with Crippen molar-refractivity contribution in [3.05, 3.63) is 52.8 Å². The van der Waals surface area contributed by atoms with Crippen LogP contribution < -0.4 is 4.80 Å². The van der Waals surface area contributed by atoms with Crippen LogP contribution in [0.15, 0.2) is 53.0 Å². The average Bonchev–Trinajstić information content (AvgIpc) is 2.82. The molecule has 3 aromatic rings. The first kappa shape index (κ1) is 13.4. The van der Waals surface area contributed by atoms with Crippen LogP contribution in [0.1, 0.15) is 0 Å². The van der Waals surface area contributed by atoms with Gasteiger partial charge in [-0.3, -0.25) is 0 Å². The molecule has 0 aliphatic rings. The first-order chi connectivity index (χ1) is 10.1. The summed E-state index contributed by atoms with van der Waals surface area (Å²) in [6.07, 6.45) is 1.69. The largest absolute Gasteiger partial charge is 0.508 e.